The van der Waals surface area contributed by atoms with Gasteiger partial charge in [-0.25, -0.2) is 13.6 Å². The summed E-state index contributed by atoms with van der Waals surface area (Å²) in [7, 11) is 2.54. The Morgan fingerprint density at radius 1 is 1.36 bits per heavy atom. The standard InChI is InChI=1S/C12H14F2N4O3S/c1-17-7(15)6(8(19)18(2)10(17)21)16-9(20)11-4-22-3-5(11)12(11,13)14/h5H,3-4,15H2,1-2H3,(H,16,20). The first-order valence-corrected chi connectivity index (χ1v) is 7.64. The normalized spacial score (nSPS) is 28.3. The van der Waals surface area contributed by atoms with Gasteiger partial charge in [0.05, 0.1) is 5.92 Å². The van der Waals surface area contributed by atoms with Crippen LogP contribution in [-0.4, -0.2) is 32.5 Å². The van der Waals surface area contributed by atoms with Gasteiger partial charge in [-0.1, -0.05) is 0 Å². The van der Waals surface area contributed by atoms with E-state index in [-0.39, 0.29) is 23.0 Å². The SMILES string of the molecule is Cn1c(N)c(NC(=O)C23CSCC2C3(F)F)c(=O)n(C)c1=O. The number of carbonyl (C=O) groups excluding carboxylic acids is 1. The van der Waals surface area contributed by atoms with Gasteiger partial charge in [0, 0.05) is 25.6 Å². The lowest BCUT2D eigenvalue weighted by molar-refractivity contribution is -0.123. The number of aromatic nitrogens is 2. The van der Waals surface area contributed by atoms with Crippen LogP contribution in [0, 0.1) is 11.3 Å². The van der Waals surface area contributed by atoms with Gasteiger partial charge in [0.15, 0.2) is 0 Å². The average Bonchev–Trinajstić information content (AvgIpc) is 2.84. The Morgan fingerprint density at radius 3 is 2.55 bits per heavy atom. The van der Waals surface area contributed by atoms with Crippen LogP contribution < -0.4 is 22.3 Å². The Hall–Kier alpha value is -1.84. The summed E-state index contributed by atoms with van der Waals surface area (Å²) in [6.07, 6.45) is 0. The van der Waals surface area contributed by atoms with Crippen LogP contribution in [0.5, 0.6) is 0 Å². The van der Waals surface area contributed by atoms with Gasteiger partial charge < -0.3 is 11.1 Å². The Balaban J connectivity index is 2.01. The molecule has 22 heavy (non-hydrogen) atoms. The van der Waals surface area contributed by atoms with E-state index in [4.69, 9.17) is 5.73 Å². The molecule has 2 unspecified atom stereocenters. The van der Waals surface area contributed by atoms with E-state index in [1.807, 2.05) is 0 Å². The Kier molecular flexibility index (Phi) is 2.97. The van der Waals surface area contributed by atoms with Gasteiger partial charge in [0.2, 0.25) is 5.91 Å². The average molecular weight is 332 g/mol. The highest BCUT2D eigenvalue weighted by Crippen LogP contribution is 2.72. The molecule has 1 aliphatic heterocycles. The number of fused-ring (bicyclic) bond motifs is 1. The van der Waals surface area contributed by atoms with Gasteiger partial charge in [-0.15, -0.1) is 0 Å². The van der Waals surface area contributed by atoms with Gasteiger partial charge in [-0.2, -0.15) is 11.8 Å². The summed E-state index contributed by atoms with van der Waals surface area (Å²) in [5.74, 6) is -5.05. The summed E-state index contributed by atoms with van der Waals surface area (Å²) >= 11 is 1.28. The van der Waals surface area contributed by atoms with E-state index in [1.165, 1.54) is 25.9 Å². The number of hydrogen-bond donors (Lipinski definition) is 2. The van der Waals surface area contributed by atoms with Crippen LogP contribution in [-0.2, 0) is 18.9 Å². The molecule has 1 saturated heterocycles. The minimum absolute atomic E-state index is 0.00246. The lowest BCUT2D eigenvalue weighted by Gasteiger charge is -2.16. The van der Waals surface area contributed by atoms with E-state index in [0.717, 1.165) is 9.13 Å². The molecule has 0 aromatic carbocycles. The maximum absolute atomic E-state index is 13.8. The van der Waals surface area contributed by atoms with Gasteiger partial charge in [-0.3, -0.25) is 18.7 Å². The lowest BCUT2D eigenvalue weighted by atomic mass is 10.1. The third-order valence-electron chi connectivity index (χ3n) is 4.51. The predicted molar refractivity (Wildman–Crippen MR) is 78.2 cm³/mol. The Bertz CT molecular complexity index is 803. The summed E-state index contributed by atoms with van der Waals surface area (Å²) < 4.78 is 29.4. The number of alkyl halides is 2. The number of anilines is 2. The first-order chi connectivity index (χ1) is 10.2. The summed E-state index contributed by atoms with van der Waals surface area (Å²) in [6, 6.07) is 0. The lowest BCUT2D eigenvalue weighted by Crippen LogP contribution is -2.42. The first kappa shape index (κ1) is 15.1. The van der Waals surface area contributed by atoms with Crippen molar-refractivity contribution < 1.29 is 13.6 Å². The van der Waals surface area contributed by atoms with Gasteiger partial charge in [0.25, 0.3) is 11.5 Å². The minimum atomic E-state index is -3.07. The highest BCUT2D eigenvalue weighted by Gasteiger charge is 2.86. The van der Waals surface area contributed by atoms with E-state index in [9.17, 15) is 23.2 Å². The second-order valence-corrected chi connectivity index (χ2v) is 6.61. The molecule has 1 aromatic heterocycles. The second kappa shape index (κ2) is 4.34. The van der Waals surface area contributed by atoms with Crippen LogP contribution >= 0.6 is 11.8 Å². The van der Waals surface area contributed by atoms with E-state index in [2.05, 4.69) is 5.32 Å². The fourth-order valence-electron chi connectivity index (χ4n) is 2.89. The molecule has 2 heterocycles. The maximum atomic E-state index is 13.8. The fraction of sp³-hybridized carbons (Fsp3) is 0.583. The smallest absolute Gasteiger partial charge is 0.332 e. The largest absolute Gasteiger partial charge is 0.383 e. The zero-order valence-electron chi connectivity index (χ0n) is 11.9. The molecule has 0 spiro atoms. The maximum Gasteiger partial charge on any atom is 0.332 e. The minimum Gasteiger partial charge on any atom is -0.383 e. The van der Waals surface area contributed by atoms with Crippen molar-refractivity contribution in [2.75, 3.05) is 22.6 Å². The Morgan fingerprint density at radius 2 is 2.00 bits per heavy atom. The number of halogens is 2. The molecule has 2 aliphatic rings. The molecule has 120 valence electrons. The van der Waals surface area contributed by atoms with Crippen molar-refractivity contribution in [3.05, 3.63) is 20.8 Å². The number of thioether (sulfide) groups is 1. The van der Waals surface area contributed by atoms with Crippen LogP contribution in [0.15, 0.2) is 9.59 Å². The molecule has 0 radical (unpaired) electrons. The number of nitrogen functional groups attached to an aromatic ring is 1. The molecule has 10 heteroatoms. The number of hydrogen-bond acceptors (Lipinski definition) is 5. The summed E-state index contributed by atoms with van der Waals surface area (Å²) in [6.45, 7) is 0. The van der Waals surface area contributed by atoms with Crippen molar-refractivity contribution >= 4 is 29.2 Å². The highest BCUT2D eigenvalue weighted by molar-refractivity contribution is 7.99. The number of nitrogens with zero attached hydrogens (tertiary/aromatic N) is 2. The van der Waals surface area contributed by atoms with E-state index < -0.39 is 34.4 Å². The monoisotopic (exact) mass is 332 g/mol. The molecule has 1 saturated carbocycles. The number of rotatable bonds is 2. The first-order valence-electron chi connectivity index (χ1n) is 6.48. The zero-order chi connectivity index (χ0) is 16.4. The van der Waals surface area contributed by atoms with Crippen LogP contribution in [0.25, 0.3) is 0 Å². The third kappa shape index (κ3) is 1.58. The number of amides is 1. The van der Waals surface area contributed by atoms with Crippen molar-refractivity contribution in [3.63, 3.8) is 0 Å². The van der Waals surface area contributed by atoms with Crippen molar-refractivity contribution in [2.45, 2.75) is 5.92 Å². The van der Waals surface area contributed by atoms with Gasteiger partial charge >= 0.3 is 5.69 Å². The molecule has 2 atom stereocenters. The summed E-state index contributed by atoms with van der Waals surface area (Å²) in [4.78, 5) is 36.1. The number of carbonyl (C=O) groups is 1. The van der Waals surface area contributed by atoms with Crippen molar-refractivity contribution in [1.29, 1.82) is 0 Å². The predicted octanol–water partition coefficient (Wildman–Crippen LogP) is -0.397. The third-order valence-corrected chi connectivity index (χ3v) is 5.74. The summed E-state index contributed by atoms with van der Waals surface area (Å²) in [5, 5.41) is 2.22. The molecule has 1 aliphatic carbocycles. The molecular formula is C12H14F2N4O3S. The number of nitrogens with one attached hydrogen (secondary N) is 1. The quantitative estimate of drug-likeness (QED) is 0.768. The molecule has 3 rings (SSSR count). The van der Waals surface area contributed by atoms with Crippen molar-refractivity contribution in [1.82, 2.24) is 9.13 Å². The Labute approximate surface area is 127 Å². The van der Waals surface area contributed by atoms with E-state index in [0.29, 0.717) is 0 Å². The van der Waals surface area contributed by atoms with E-state index >= 15 is 0 Å². The van der Waals surface area contributed by atoms with Gasteiger partial charge in [-0.05, 0) is 0 Å². The van der Waals surface area contributed by atoms with Crippen LogP contribution in [0.2, 0.25) is 0 Å². The van der Waals surface area contributed by atoms with Crippen molar-refractivity contribution in [2.24, 2.45) is 25.4 Å². The molecule has 0 bridgehead atoms. The zero-order valence-corrected chi connectivity index (χ0v) is 12.7. The van der Waals surface area contributed by atoms with Gasteiger partial charge in [0.1, 0.15) is 16.9 Å². The number of nitrogens with two attached hydrogens (primary N) is 1. The molecule has 3 N–H and O–H groups in total. The topological polar surface area (TPSA) is 99.1 Å². The van der Waals surface area contributed by atoms with Crippen LogP contribution in [0.4, 0.5) is 20.3 Å². The molecular weight excluding hydrogens is 318 g/mol. The molecule has 2 fully saturated rings. The molecule has 1 aromatic rings. The van der Waals surface area contributed by atoms with E-state index in [1.54, 1.807) is 0 Å². The van der Waals surface area contributed by atoms with Crippen LogP contribution in [0.1, 0.15) is 0 Å². The second-order valence-electron chi connectivity index (χ2n) is 5.58. The fourth-order valence-corrected chi connectivity index (χ4v) is 4.59. The molecule has 7 nitrogen and oxygen atoms in total. The highest BCUT2D eigenvalue weighted by atomic mass is 32.2. The molecule has 1 amide bonds. The summed E-state index contributed by atoms with van der Waals surface area (Å²) in [5.41, 5.74) is 2.06. The van der Waals surface area contributed by atoms with Crippen molar-refractivity contribution in [3.8, 4) is 0 Å². The van der Waals surface area contributed by atoms with Crippen LogP contribution in [0.3, 0.4) is 0 Å².